The lowest BCUT2D eigenvalue weighted by molar-refractivity contribution is -0.147. The number of carbonyl (C=O) groups excluding carboxylic acids is 2. The van der Waals surface area contributed by atoms with E-state index in [1.807, 2.05) is 0 Å². The molecule has 1 aromatic carbocycles. The third kappa shape index (κ3) is 7.20. The molecule has 1 heterocycles. The molecule has 0 aliphatic carbocycles. The van der Waals surface area contributed by atoms with Crippen LogP contribution in [0.4, 0.5) is 0 Å². The van der Waals surface area contributed by atoms with Gasteiger partial charge in [-0.15, -0.1) is 0 Å². The Morgan fingerprint density at radius 1 is 1.09 bits per heavy atom. The molecule has 1 unspecified atom stereocenters. The average Bonchev–Trinajstić information content (AvgIpc) is 3.20. The number of hydrogen-bond donors (Lipinski definition) is 5. The number of amides is 1. The number of nitrogen functional groups attached to an aromatic ring is 1. The van der Waals surface area contributed by atoms with Crippen molar-refractivity contribution in [2.45, 2.75) is 32.7 Å². The van der Waals surface area contributed by atoms with Crippen LogP contribution in [-0.4, -0.2) is 45.9 Å². The molecule has 0 bridgehead atoms. The van der Waals surface area contributed by atoms with Crippen LogP contribution in [-0.2, 0) is 20.8 Å². The molecule has 6 N–H and O–H groups in total. The Labute approximate surface area is 189 Å². The second-order valence-electron chi connectivity index (χ2n) is 7.65. The van der Waals surface area contributed by atoms with E-state index < -0.39 is 42.2 Å². The van der Waals surface area contributed by atoms with Crippen molar-refractivity contribution in [2.24, 2.45) is 17.6 Å². The van der Waals surface area contributed by atoms with Crippen molar-refractivity contribution >= 4 is 29.7 Å². The standard InChI is InChI=1S/C22H25N3O8/c1-11(2)15(20(28)25-16(21(29)30)10-18(26)27)9-14-7-8-17(32-14)22(31)33-13-5-3-12(4-6-13)19(23)24/h3-8,11,15-16H,9-10H2,1-2H3,(H3,23,24)(H,25,28)(H,26,27)(H,29,30)/t15?,16-/m1/s1. The summed E-state index contributed by atoms with van der Waals surface area (Å²) in [4.78, 5) is 47.0. The van der Waals surface area contributed by atoms with Crippen molar-refractivity contribution in [2.75, 3.05) is 0 Å². The molecule has 2 atom stereocenters. The minimum Gasteiger partial charge on any atom is -0.481 e. The predicted octanol–water partition coefficient (Wildman–Crippen LogP) is 1.64. The minimum atomic E-state index is -1.56. The van der Waals surface area contributed by atoms with Crippen LogP contribution in [0.5, 0.6) is 5.75 Å². The molecule has 0 saturated carbocycles. The first kappa shape index (κ1) is 25.1. The van der Waals surface area contributed by atoms with Crippen molar-refractivity contribution in [3.8, 4) is 5.75 Å². The molecule has 2 rings (SSSR count). The highest BCUT2D eigenvalue weighted by atomic mass is 16.5. The number of carboxylic acid groups (broad SMARTS) is 2. The fourth-order valence-electron chi connectivity index (χ4n) is 2.96. The number of nitrogens with one attached hydrogen (secondary N) is 2. The minimum absolute atomic E-state index is 0.0590. The number of amidine groups is 1. The number of benzene rings is 1. The Morgan fingerprint density at radius 2 is 1.73 bits per heavy atom. The number of carbonyl (C=O) groups is 4. The van der Waals surface area contributed by atoms with Gasteiger partial charge in [0.1, 0.15) is 23.4 Å². The second kappa shape index (κ2) is 10.9. The van der Waals surface area contributed by atoms with Crippen LogP contribution in [0.3, 0.4) is 0 Å². The summed E-state index contributed by atoms with van der Waals surface area (Å²) in [6.07, 6.45) is -0.695. The summed E-state index contributed by atoms with van der Waals surface area (Å²) in [6, 6.07) is 7.35. The number of ether oxygens (including phenoxy) is 1. The number of hydrogen-bond acceptors (Lipinski definition) is 7. The Morgan fingerprint density at radius 3 is 2.24 bits per heavy atom. The van der Waals surface area contributed by atoms with E-state index in [0.717, 1.165) is 0 Å². The molecule has 0 saturated heterocycles. The topological polar surface area (TPSA) is 193 Å². The molecule has 11 heteroatoms. The summed E-state index contributed by atoms with van der Waals surface area (Å²) >= 11 is 0. The lowest BCUT2D eigenvalue weighted by Gasteiger charge is -2.21. The SMILES string of the molecule is CC(C)C(Cc1ccc(C(=O)Oc2ccc(C(=N)N)cc2)o1)C(=O)N[C@H](CC(=O)O)C(=O)O. The van der Waals surface area contributed by atoms with Crippen molar-refractivity contribution in [1.82, 2.24) is 5.32 Å². The van der Waals surface area contributed by atoms with E-state index in [1.54, 1.807) is 13.8 Å². The number of aliphatic carboxylic acids is 2. The third-order valence-electron chi connectivity index (χ3n) is 4.79. The first-order chi connectivity index (χ1) is 15.5. The van der Waals surface area contributed by atoms with Crippen molar-refractivity contribution in [3.63, 3.8) is 0 Å². The van der Waals surface area contributed by atoms with Crippen molar-refractivity contribution < 1.29 is 38.5 Å². The highest BCUT2D eigenvalue weighted by Crippen LogP contribution is 2.21. The fourth-order valence-corrected chi connectivity index (χ4v) is 2.96. The zero-order valence-corrected chi connectivity index (χ0v) is 18.0. The van der Waals surface area contributed by atoms with Crippen LogP contribution in [0.1, 0.15) is 42.1 Å². The summed E-state index contributed by atoms with van der Waals surface area (Å²) in [5, 5.41) is 27.6. The normalized spacial score (nSPS) is 12.6. The average molecular weight is 459 g/mol. The maximum Gasteiger partial charge on any atom is 0.379 e. The molecular formula is C22H25N3O8. The molecule has 11 nitrogen and oxygen atoms in total. The van der Waals surface area contributed by atoms with Gasteiger partial charge in [-0.1, -0.05) is 13.8 Å². The van der Waals surface area contributed by atoms with Gasteiger partial charge < -0.3 is 30.4 Å². The van der Waals surface area contributed by atoms with E-state index >= 15 is 0 Å². The Kier molecular flexibility index (Phi) is 8.32. The van der Waals surface area contributed by atoms with Gasteiger partial charge in [-0.3, -0.25) is 15.0 Å². The largest absolute Gasteiger partial charge is 0.481 e. The maximum atomic E-state index is 12.6. The predicted molar refractivity (Wildman–Crippen MR) is 115 cm³/mol. The smallest absolute Gasteiger partial charge is 0.379 e. The van der Waals surface area contributed by atoms with E-state index in [0.29, 0.717) is 11.3 Å². The number of esters is 1. The fraction of sp³-hybridized carbons (Fsp3) is 0.318. The summed E-state index contributed by atoms with van der Waals surface area (Å²) in [6.45, 7) is 3.50. The molecule has 0 aliphatic rings. The second-order valence-corrected chi connectivity index (χ2v) is 7.65. The first-order valence-corrected chi connectivity index (χ1v) is 9.98. The molecule has 0 spiro atoms. The van der Waals surface area contributed by atoms with Crippen LogP contribution < -0.4 is 15.8 Å². The highest BCUT2D eigenvalue weighted by Gasteiger charge is 2.30. The van der Waals surface area contributed by atoms with Gasteiger partial charge >= 0.3 is 17.9 Å². The molecule has 0 aliphatic heterocycles. The van der Waals surface area contributed by atoms with Gasteiger partial charge in [-0.05, 0) is 42.3 Å². The van der Waals surface area contributed by atoms with Crippen molar-refractivity contribution in [1.29, 1.82) is 5.41 Å². The van der Waals surface area contributed by atoms with E-state index in [4.69, 9.17) is 30.5 Å². The zero-order valence-electron chi connectivity index (χ0n) is 18.0. The number of rotatable bonds is 11. The third-order valence-corrected chi connectivity index (χ3v) is 4.79. The molecule has 0 radical (unpaired) electrons. The van der Waals surface area contributed by atoms with Gasteiger partial charge in [0.2, 0.25) is 11.7 Å². The lowest BCUT2D eigenvalue weighted by atomic mass is 9.90. The monoisotopic (exact) mass is 459 g/mol. The van der Waals surface area contributed by atoms with Crippen LogP contribution in [0, 0.1) is 17.2 Å². The van der Waals surface area contributed by atoms with Gasteiger partial charge in [0.25, 0.3) is 0 Å². The summed E-state index contributed by atoms with van der Waals surface area (Å²) in [5.41, 5.74) is 5.85. The quantitative estimate of drug-likeness (QED) is 0.144. The Balaban J connectivity index is 2.06. The number of furan rings is 1. The molecule has 176 valence electrons. The van der Waals surface area contributed by atoms with Gasteiger partial charge in [0.15, 0.2) is 0 Å². The molecule has 1 aromatic heterocycles. The Hall–Kier alpha value is -4.15. The van der Waals surface area contributed by atoms with Crippen LogP contribution in [0.2, 0.25) is 0 Å². The van der Waals surface area contributed by atoms with Crippen LogP contribution in [0.15, 0.2) is 40.8 Å². The van der Waals surface area contributed by atoms with Gasteiger partial charge in [0.05, 0.1) is 6.42 Å². The maximum absolute atomic E-state index is 12.6. The van der Waals surface area contributed by atoms with E-state index in [-0.39, 0.29) is 29.7 Å². The molecule has 33 heavy (non-hydrogen) atoms. The van der Waals surface area contributed by atoms with Gasteiger partial charge in [0, 0.05) is 17.9 Å². The van der Waals surface area contributed by atoms with Gasteiger partial charge in [-0.2, -0.15) is 0 Å². The van der Waals surface area contributed by atoms with E-state index in [2.05, 4.69) is 5.32 Å². The summed E-state index contributed by atoms with van der Waals surface area (Å²) in [7, 11) is 0. The zero-order chi connectivity index (χ0) is 24.7. The Bertz CT molecular complexity index is 1040. The number of carboxylic acids is 2. The van der Waals surface area contributed by atoms with Crippen LogP contribution >= 0.6 is 0 Å². The molecular weight excluding hydrogens is 434 g/mol. The van der Waals surface area contributed by atoms with E-state index in [9.17, 15) is 19.2 Å². The summed E-state index contributed by atoms with van der Waals surface area (Å²) < 4.78 is 10.7. The van der Waals surface area contributed by atoms with Crippen molar-refractivity contribution in [3.05, 3.63) is 53.5 Å². The van der Waals surface area contributed by atoms with E-state index in [1.165, 1.54) is 36.4 Å². The molecule has 2 aromatic rings. The summed E-state index contributed by atoms with van der Waals surface area (Å²) in [5.74, 6) is -4.86. The van der Waals surface area contributed by atoms with Gasteiger partial charge in [-0.25, -0.2) is 9.59 Å². The first-order valence-electron chi connectivity index (χ1n) is 9.98. The molecule has 0 fully saturated rings. The van der Waals surface area contributed by atoms with Crippen LogP contribution in [0.25, 0.3) is 0 Å². The number of nitrogens with two attached hydrogens (primary N) is 1. The highest BCUT2D eigenvalue weighted by molar-refractivity contribution is 5.95. The lowest BCUT2D eigenvalue weighted by Crippen LogP contribution is -2.46. The molecule has 1 amide bonds.